The number of nitro groups is 1. The van der Waals surface area contributed by atoms with Gasteiger partial charge in [-0.15, -0.1) is 0 Å². The molecule has 0 amide bonds. The lowest BCUT2D eigenvalue weighted by atomic mass is 10.1. The second kappa shape index (κ2) is 8.87. The first-order valence-electron chi connectivity index (χ1n) is 8.88. The topological polar surface area (TPSA) is 104 Å². The molecule has 3 aromatic rings. The van der Waals surface area contributed by atoms with E-state index in [2.05, 4.69) is 9.72 Å². The van der Waals surface area contributed by atoms with Crippen LogP contribution in [0.25, 0.3) is 10.9 Å². The highest BCUT2D eigenvalue weighted by molar-refractivity contribution is 7.99. The molecule has 0 saturated carbocycles. The number of ether oxygens (including phenoxy) is 1. The van der Waals surface area contributed by atoms with Gasteiger partial charge >= 0.3 is 5.97 Å². The lowest BCUT2D eigenvalue weighted by Crippen LogP contribution is -2.25. The van der Waals surface area contributed by atoms with Crippen molar-refractivity contribution < 1.29 is 14.5 Å². The maximum atomic E-state index is 13.0. The molecule has 0 radical (unpaired) electrons. The molecule has 0 unspecified atom stereocenters. The summed E-state index contributed by atoms with van der Waals surface area (Å²) in [5.41, 5.74) is 1.06. The van der Waals surface area contributed by atoms with E-state index >= 15 is 0 Å². The van der Waals surface area contributed by atoms with E-state index in [1.165, 1.54) is 35.6 Å². The minimum Gasteiger partial charge on any atom is -0.469 e. The Morgan fingerprint density at radius 2 is 2.03 bits per heavy atom. The van der Waals surface area contributed by atoms with Crippen molar-refractivity contribution >= 4 is 34.3 Å². The van der Waals surface area contributed by atoms with Crippen LogP contribution in [0.1, 0.15) is 24.2 Å². The molecule has 29 heavy (non-hydrogen) atoms. The molecule has 2 aromatic carbocycles. The normalized spacial score (nSPS) is 11.9. The van der Waals surface area contributed by atoms with Crippen molar-refractivity contribution in [1.82, 2.24) is 9.55 Å². The third-order valence-corrected chi connectivity index (χ3v) is 5.57. The van der Waals surface area contributed by atoms with Crippen molar-refractivity contribution in [2.24, 2.45) is 0 Å². The predicted molar refractivity (Wildman–Crippen MR) is 110 cm³/mol. The number of fused-ring (bicyclic) bond motifs is 1. The zero-order valence-corrected chi connectivity index (χ0v) is 16.7. The van der Waals surface area contributed by atoms with Crippen LogP contribution in [0.5, 0.6) is 0 Å². The Hall–Kier alpha value is -3.20. The zero-order chi connectivity index (χ0) is 21.0. The summed E-state index contributed by atoms with van der Waals surface area (Å²) >= 11 is 1.31. The standard InChI is InChI=1S/C20H19N3O5S/c1-13(14-6-5-7-15(12-14)23(26)27)29-20-21-17-9-4-3-8-16(17)19(25)22(20)11-10-18(24)28-2/h3-9,12-13H,10-11H2,1-2H3/t13-/m0/s1. The minimum absolute atomic E-state index is 0.00417. The van der Waals surface area contributed by atoms with Crippen molar-refractivity contribution in [2.45, 2.75) is 30.3 Å². The van der Waals surface area contributed by atoms with Crippen LogP contribution >= 0.6 is 11.8 Å². The van der Waals surface area contributed by atoms with Crippen molar-refractivity contribution in [3.05, 3.63) is 74.6 Å². The number of para-hydroxylation sites is 1. The van der Waals surface area contributed by atoms with Gasteiger partial charge in [-0.3, -0.25) is 24.3 Å². The fraction of sp³-hybridized carbons (Fsp3) is 0.250. The van der Waals surface area contributed by atoms with Crippen LogP contribution in [0.2, 0.25) is 0 Å². The molecular weight excluding hydrogens is 394 g/mol. The number of thioether (sulfide) groups is 1. The third-order valence-electron chi connectivity index (χ3n) is 4.43. The summed E-state index contributed by atoms with van der Waals surface area (Å²) in [5.74, 6) is -0.423. The summed E-state index contributed by atoms with van der Waals surface area (Å²) in [6, 6.07) is 13.4. The molecule has 1 aromatic heterocycles. The predicted octanol–water partition coefficient (Wildman–Crippen LogP) is 3.72. The van der Waals surface area contributed by atoms with Crippen LogP contribution in [-0.4, -0.2) is 27.6 Å². The van der Waals surface area contributed by atoms with E-state index in [1.54, 1.807) is 36.4 Å². The molecule has 0 bridgehead atoms. The Kier molecular flexibility index (Phi) is 6.28. The number of carbonyl (C=O) groups is 1. The van der Waals surface area contributed by atoms with Gasteiger partial charge in [-0.1, -0.05) is 36.0 Å². The van der Waals surface area contributed by atoms with E-state index in [9.17, 15) is 19.7 Å². The van der Waals surface area contributed by atoms with Crippen LogP contribution < -0.4 is 5.56 Å². The van der Waals surface area contributed by atoms with E-state index in [4.69, 9.17) is 0 Å². The number of carbonyl (C=O) groups excluding carboxylic acids is 1. The van der Waals surface area contributed by atoms with Crippen LogP contribution in [0, 0.1) is 10.1 Å². The number of hydrogen-bond donors (Lipinski definition) is 0. The molecule has 0 saturated heterocycles. The number of non-ortho nitro benzene ring substituents is 1. The summed E-state index contributed by atoms with van der Waals surface area (Å²) in [4.78, 5) is 39.8. The number of methoxy groups -OCH3 is 1. The van der Waals surface area contributed by atoms with Crippen LogP contribution in [0.4, 0.5) is 5.69 Å². The second-order valence-electron chi connectivity index (χ2n) is 6.31. The van der Waals surface area contributed by atoms with E-state index in [0.717, 1.165) is 5.56 Å². The average Bonchev–Trinajstić information content (AvgIpc) is 2.73. The maximum absolute atomic E-state index is 13.0. The van der Waals surface area contributed by atoms with Crippen molar-refractivity contribution in [3.63, 3.8) is 0 Å². The summed E-state index contributed by atoms with van der Waals surface area (Å²) in [5, 5.41) is 11.8. The maximum Gasteiger partial charge on any atom is 0.307 e. The van der Waals surface area contributed by atoms with Gasteiger partial charge in [0.15, 0.2) is 5.16 Å². The van der Waals surface area contributed by atoms with Gasteiger partial charge in [0.1, 0.15) is 0 Å². The molecule has 1 heterocycles. The quantitative estimate of drug-likeness (QED) is 0.191. The minimum atomic E-state index is -0.443. The highest BCUT2D eigenvalue weighted by Crippen LogP contribution is 2.35. The summed E-state index contributed by atoms with van der Waals surface area (Å²) in [6.45, 7) is 2.02. The Bertz CT molecular complexity index is 1130. The highest BCUT2D eigenvalue weighted by atomic mass is 32.2. The number of esters is 1. The third kappa shape index (κ3) is 4.62. The smallest absolute Gasteiger partial charge is 0.307 e. The number of nitro benzene ring substituents is 1. The van der Waals surface area contributed by atoms with E-state index in [-0.39, 0.29) is 29.5 Å². The first kappa shape index (κ1) is 20.5. The van der Waals surface area contributed by atoms with Crippen molar-refractivity contribution in [2.75, 3.05) is 7.11 Å². The second-order valence-corrected chi connectivity index (χ2v) is 7.61. The van der Waals surface area contributed by atoms with Gasteiger partial charge in [0.2, 0.25) is 0 Å². The highest BCUT2D eigenvalue weighted by Gasteiger charge is 2.18. The fourth-order valence-electron chi connectivity index (χ4n) is 2.86. The zero-order valence-electron chi connectivity index (χ0n) is 15.9. The van der Waals surface area contributed by atoms with Crippen LogP contribution in [0.3, 0.4) is 0 Å². The van der Waals surface area contributed by atoms with Gasteiger partial charge in [-0.05, 0) is 24.6 Å². The fourth-order valence-corrected chi connectivity index (χ4v) is 3.91. The number of benzene rings is 2. The molecule has 9 heteroatoms. The number of rotatable bonds is 7. The van der Waals surface area contributed by atoms with E-state index < -0.39 is 10.9 Å². The Balaban J connectivity index is 2.00. The lowest BCUT2D eigenvalue weighted by molar-refractivity contribution is -0.384. The molecule has 0 aliphatic heterocycles. The van der Waals surface area contributed by atoms with Gasteiger partial charge in [-0.25, -0.2) is 4.98 Å². The molecule has 0 spiro atoms. The first-order chi connectivity index (χ1) is 13.9. The summed E-state index contributed by atoms with van der Waals surface area (Å²) in [7, 11) is 1.30. The van der Waals surface area contributed by atoms with Gasteiger partial charge in [-0.2, -0.15) is 0 Å². The number of aromatic nitrogens is 2. The van der Waals surface area contributed by atoms with Gasteiger partial charge in [0.05, 0.1) is 29.4 Å². The molecule has 8 nitrogen and oxygen atoms in total. The monoisotopic (exact) mass is 413 g/mol. The van der Waals surface area contributed by atoms with Gasteiger partial charge in [0.25, 0.3) is 11.2 Å². The average molecular weight is 413 g/mol. The number of nitrogens with zero attached hydrogens (tertiary/aromatic N) is 3. The largest absolute Gasteiger partial charge is 0.469 e. The van der Waals surface area contributed by atoms with Gasteiger partial charge < -0.3 is 4.74 Å². The van der Waals surface area contributed by atoms with E-state index in [1.807, 2.05) is 6.92 Å². The Labute approximate surface area is 170 Å². The summed E-state index contributed by atoms with van der Waals surface area (Å²) < 4.78 is 6.14. The molecule has 0 N–H and O–H groups in total. The lowest BCUT2D eigenvalue weighted by Gasteiger charge is -2.16. The Morgan fingerprint density at radius 1 is 1.28 bits per heavy atom. The van der Waals surface area contributed by atoms with Crippen molar-refractivity contribution in [3.8, 4) is 0 Å². The first-order valence-corrected chi connectivity index (χ1v) is 9.76. The Morgan fingerprint density at radius 3 is 2.76 bits per heavy atom. The molecule has 0 aliphatic rings. The molecule has 1 atom stereocenters. The molecule has 150 valence electrons. The SMILES string of the molecule is COC(=O)CCn1c(S[C@@H](C)c2cccc([N+](=O)[O-])c2)nc2ccccc2c1=O. The van der Waals surface area contributed by atoms with Crippen LogP contribution in [0.15, 0.2) is 58.5 Å². The van der Waals surface area contributed by atoms with Crippen LogP contribution in [-0.2, 0) is 16.1 Å². The van der Waals surface area contributed by atoms with E-state index in [0.29, 0.717) is 16.1 Å². The number of hydrogen-bond acceptors (Lipinski definition) is 7. The molecular formula is C20H19N3O5S. The molecule has 0 fully saturated rings. The summed E-state index contributed by atoms with van der Waals surface area (Å²) in [6.07, 6.45) is 0.0369. The van der Waals surface area contributed by atoms with Gasteiger partial charge in [0, 0.05) is 23.9 Å². The molecule has 3 rings (SSSR count). The molecule has 0 aliphatic carbocycles. The van der Waals surface area contributed by atoms with Crippen molar-refractivity contribution in [1.29, 1.82) is 0 Å².